The Bertz CT molecular complexity index is 2140. The highest BCUT2D eigenvalue weighted by molar-refractivity contribution is 5.80. The smallest absolute Gasteiger partial charge is 0.0868 e. The van der Waals surface area contributed by atoms with Crippen molar-refractivity contribution in [3.8, 4) is 22.3 Å². The molecule has 0 saturated heterocycles. The van der Waals surface area contributed by atoms with Gasteiger partial charge in [-0.2, -0.15) is 0 Å². The van der Waals surface area contributed by atoms with Gasteiger partial charge in [-0.25, -0.2) is 0 Å². The summed E-state index contributed by atoms with van der Waals surface area (Å²) in [7, 11) is 5.12. The third kappa shape index (κ3) is 8.96. The molecule has 5 heteroatoms. The first kappa shape index (κ1) is 36.9. The molecule has 5 aromatic rings. The van der Waals surface area contributed by atoms with E-state index in [9.17, 15) is 0 Å². The first-order valence-corrected chi connectivity index (χ1v) is 18.4. The second-order valence-corrected chi connectivity index (χ2v) is 13.1. The Morgan fingerprint density at radius 2 is 1.40 bits per heavy atom. The lowest BCUT2D eigenvalue weighted by Gasteiger charge is -2.23. The molecule has 5 N–H and O–H groups in total. The summed E-state index contributed by atoms with van der Waals surface area (Å²) in [5.74, 6) is -0.0945. The van der Waals surface area contributed by atoms with E-state index in [1.165, 1.54) is 46.1 Å². The van der Waals surface area contributed by atoms with Crippen molar-refractivity contribution in [2.24, 2.45) is 11.5 Å². The van der Waals surface area contributed by atoms with E-state index in [0.717, 1.165) is 59.4 Å². The first-order valence-electron chi connectivity index (χ1n) is 18.4. The summed E-state index contributed by atoms with van der Waals surface area (Å²) in [4.78, 5) is 5.61. The Morgan fingerprint density at radius 3 is 2.11 bits per heavy atom. The molecule has 0 aromatic heterocycles. The zero-order valence-corrected chi connectivity index (χ0v) is 31.0. The average Bonchev–Trinajstić information content (AvgIpc) is 3.24. The van der Waals surface area contributed by atoms with Gasteiger partial charge in [-0.3, -0.25) is 9.90 Å². The maximum absolute atomic E-state index is 7.00. The van der Waals surface area contributed by atoms with Crippen molar-refractivity contribution in [2.75, 3.05) is 31.6 Å². The number of hydrogen-bond donors (Lipinski definition) is 3. The molecule has 2 aliphatic rings. The van der Waals surface area contributed by atoms with E-state index in [4.69, 9.17) is 10.6 Å². The SMILES string of the molecule is CN.CON(C)c1ccc(-c2cccc(C(/C=C(\N)c3ccc(C4=CC=CCC4)cc3)c3ccccc3-c3ccccc3)c2)cc1NC1=CC=CCC1. The largest absolute Gasteiger partial charge is 0.398 e. The fourth-order valence-electron chi connectivity index (χ4n) is 6.99. The second kappa shape index (κ2) is 18.1. The summed E-state index contributed by atoms with van der Waals surface area (Å²) in [6.07, 6.45) is 19.4. The minimum absolute atomic E-state index is 0.0945. The molecule has 1 atom stereocenters. The summed E-state index contributed by atoms with van der Waals surface area (Å²) >= 11 is 0. The maximum atomic E-state index is 7.00. The van der Waals surface area contributed by atoms with E-state index in [0.29, 0.717) is 0 Å². The van der Waals surface area contributed by atoms with E-state index in [-0.39, 0.29) is 5.92 Å². The van der Waals surface area contributed by atoms with Crippen LogP contribution in [0.3, 0.4) is 0 Å². The van der Waals surface area contributed by atoms with Gasteiger partial charge in [0.2, 0.25) is 0 Å². The lowest BCUT2D eigenvalue weighted by molar-refractivity contribution is 0.185. The average molecular weight is 699 g/mol. The minimum atomic E-state index is -0.0945. The summed E-state index contributed by atoms with van der Waals surface area (Å²) in [5, 5.41) is 5.48. The zero-order chi connectivity index (χ0) is 37.0. The molecule has 268 valence electrons. The molecule has 0 bridgehead atoms. The van der Waals surface area contributed by atoms with Crippen molar-refractivity contribution < 1.29 is 4.84 Å². The highest BCUT2D eigenvalue weighted by atomic mass is 16.7. The standard InChI is InChI=1S/C47H45N3O.CH5N/c1-50(51-2)47-30-29-39(32-46(47)49-41-21-10-5-11-22-41)38-19-14-20-40(31-38)44(43-24-13-12-23-42(43)36-17-8-4-9-18-36)33-45(48)37-27-25-35(26-28-37)34-15-6-3-7-16-34;1-2/h3-6,8-10,12-15,17-21,23-33,44,49H,7,11,16,22,48H2,1-2H3;2H2,1H3/b45-33-;. The molecule has 5 aromatic carbocycles. The van der Waals surface area contributed by atoms with Gasteiger partial charge in [0, 0.05) is 24.4 Å². The minimum Gasteiger partial charge on any atom is -0.398 e. The lowest BCUT2D eigenvalue weighted by atomic mass is 9.84. The zero-order valence-electron chi connectivity index (χ0n) is 31.0. The van der Waals surface area contributed by atoms with Gasteiger partial charge in [-0.1, -0.05) is 140 Å². The molecule has 1 unspecified atom stereocenters. The number of nitrogens with two attached hydrogens (primary N) is 2. The van der Waals surface area contributed by atoms with Gasteiger partial charge >= 0.3 is 0 Å². The third-order valence-corrected chi connectivity index (χ3v) is 9.83. The number of anilines is 2. The van der Waals surface area contributed by atoms with Gasteiger partial charge in [0.25, 0.3) is 0 Å². The molecule has 53 heavy (non-hydrogen) atoms. The number of nitrogens with zero attached hydrogens (tertiary/aromatic N) is 1. The van der Waals surface area contributed by atoms with Gasteiger partial charge in [-0.05, 0) is 107 Å². The normalized spacial score (nSPS) is 14.4. The first-order chi connectivity index (χ1) is 26.1. The van der Waals surface area contributed by atoms with Crippen LogP contribution in [0.25, 0.3) is 33.5 Å². The molecular weight excluding hydrogens is 649 g/mol. The quantitative estimate of drug-likeness (QED) is 0.120. The Morgan fingerprint density at radius 1 is 0.717 bits per heavy atom. The molecule has 0 saturated carbocycles. The lowest BCUT2D eigenvalue weighted by Crippen LogP contribution is -2.17. The van der Waals surface area contributed by atoms with Crippen LogP contribution in [0.2, 0.25) is 0 Å². The van der Waals surface area contributed by atoms with Gasteiger partial charge in [-0.15, -0.1) is 0 Å². The van der Waals surface area contributed by atoms with Gasteiger partial charge in [0.1, 0.15) is 0 Å². The Labute approximate surface area is 315 Å². The van der Waals surface area contributed by atoms with Crippen LogP contribution in [0.5, 0.6) is 0 Å². The van der Waals surface area contributed by atoms with Gasteiger partial charge < -0.3 is 16.8 Å². The van der Waals surface area contributed by atoms with E-state index in [2.05, 4.69) is 175 Å². The van der Waals surface area contributed by atoms with Crippen LogP contribution in [0.1, 0.15) is 53.9 Å². The van der Waals surface area contributed by atoms with Crippen molar-refractivity contribution in [1.82, 2.24) is 0 Å². The molecule has 0 amide bonds. The molecule has 2 aliphatic carbocycles. The summed E-state index contributed by atoms with van der Waals surface area (Å²) in [5.41, 5.74) is 26.1. The third-order valence-electron chi connectivity index (χ3n) is 9.83. The topological polar surface area (TPSA) is 76.5 Å². The molecule has 0 spiro atoms. The van der Waals surface area contributed by atoms with Crippen molar-refractivity contribution >= 4 is 22.6 Å². The predicted molar refractivity (Wildman–Crippen MR) is 226 cm³/mol. The number of hydrogen-bond acceptors (Lipinski definition) is 5. The Hall–Kier alpha value is -5.88. The van der Waals surface area contributed by atoms with E-state index in [1.807, 2.05) is 7.05 Å². The molecule has 0 aliphatic heterocycles. The maximum Gasteiger partial charge on any atom is 0.0868 e. The number of rotatable bonds is 11. The molecule has 0 fully saturated rings. The van der Waals surface area contributed by atoms with Crippen molar-refractivity contribution in [1.29, 1.82) is 0 Å². The molecule has 0 heterocycles. The van der Waals surface area contributed by atoms with Gasteiger partial charge in [0.15, 0.2) is 0 Å². The Kier molecular flexibility index (Phi) is 12.6. The summed E-state index contributed by atoms with van der Waals surface area (Å²) in [6.45, 7) is 0. The monoisotopic (exact) mass is 698 g/mol. The molecule has 0 radical (unpaired) electrons. The molecule has 7 rings (SSSR count). The van der Waals surface area contributed by atoms with Crippen LogP contribution in [0.4, 0.5) is 11.4 Å². The summed E-state index contributed by atoms with van der Waals surface area (Å²) < 4.78 is 0. The predicted octanol–water partition coefficient (Wildman–Crippen LogP) is 11.1. The second-order valence-electron chi connectivity index (χ2n) is 13.1. The van der Waals surface area contributed by atoms with E-state index in [1.54, 1.807) is 12.2 Å². The van der Waals surface area contributed by atoms with Crippen LogP contribution < -0.4 is 21.8 Å². The number of benzene rings is 5. The number of allylic oxidation sites excluding steroid dienone is 9. The van der Waals surface area contributed by atoms with Crippen LogP contribution >= 0.6 is 0 Å². The molecular formula is C48H50N4O. The number of hydroxylamine groups is 1. The number of nitrogens with one attached hydrogen (secondary N) is 1. The highest BCUT2D eigenvalue weighted by Gasteiger charge is 2.19. The summed E-state index contributed by atoms with van der Waals surface area (Å²) in [6, 6.07) is 43.4. The van der Waals surface area contributed by atoms with Gasteiger partial charge in [0.05, 0.1) is 18.5 Å². The highest BCUT2D eigenvalue weighted by Crippen LogP contribution is 2.39. The Balaban J connectivity index is 0.00000236. The molecule has 5 nitrogen and oxygen atoms in total. The van der Waals surface area contributed by atoms with Crippen molar-refractivity contribution in [3.63, 3.8) is 0 Å². The fourth-order valence-corrected chi connectivity index (χ4v) is 6.99. The fraction of sp³-hybridized carbons (Fsp3) is 0.167. The van der Waals surface area contributed by atoms with Crippen LogP contribution in [-0.4, -0.2) is 21.2 Å². The van der Waals surface area contributed by atoms with E-state index < -0.39 is 0 Å². The van der Waals surface area contributed by atoms with Crippen molar-refractivity contribution in [2.45, 2.75) is 31.6 Å². The van der Waals surface area contributed by atoms with Crippen LogP contribution in [0.15, 0.2) is 170 Å². The van der Waals surface area contributed by atoms with Crippen LogP contribution in [-0.2, 0) is 4.84 Å². The van der Waals surface area contributed by atoms with Crippen LogP contribution in [0, 0.1) is 0 Å². The van der Waals surface area contributed by atoms with Crippen molar-refractivity contribution in [3.05, 3.63) is 192 Å². The van der Waals surface area contributed by atoms with E-state index >= 15 is 0 Å².